The molecule has 0 saturated carbocycles. The average Bonchev–Trinajstić information content (AvgIpc) is 2.89. The first-order chi connectivity index (χ1) is 11.4. The van der Waals surface area contributed by atoms with Crippen LogP contribution in [0, 0.1) is 6.92 Å². The van der Waals surface area contributed by atoms with Gasteiger partial charge in [-0.2, -0.15) is 9.40 Å². The Labute approximate surface area is 147 Å². The van der Waals surface area contributed by atoms with Crippen molar-refractivity contribution in [3.8, 4) is 5.75 Å². The molecule has 8 heteroatoms. The largest absolute Gasteiger partial charge is 0.490 e. The van der Waals surface area contributed by atoms with Crippen LogP contribution in [0.2, 0.25) is 5.02 Å². The molecular formula is C16H20ClN3O3S. The van der Waals surface area contributed by atoms with Gasteiger partial charge in [0.15, 0.2) is 5.03 Å². The van der Waals surface area contributed by atoms with Crippen LogP contribution in [-0.4, -0.2) is 41.7 Å². The molecule has 1 fully saturated rings. The van der Waals surface area contributed by atoms with E-state index in [0.717, 1.165) is 5.75 Å². The second-order valence-electron chi connectivity index (χ2n) is 5.93. The summed E-state index contributed by atoms with van der Waals surface area (Å²) >= 11 is 5.86. The number of hydrogen-bond donors (Lipinski definition) is 0. The quantitative estimate of drug-likeness (QED) is 0.831. The molecule has 1 aromatic carbocycles. The molecule has 2 heterocycles. The molecule has 0 N–H and O–H groups in total. The number of hydrogen-bond acceptors (Lipinski definition) is 4. The summed E-state index contributed by atoms with van der Waals surface area (Å²) in [6.07, 6.45) is 2.88. The lowest BCUT2D eigenvalue weighted by molar-refractivity contribution is 0.135. The normalized spacial score (nSPS) is 17.1. The maximum atomic E-state index is 12.8. The van der Waals surface area contributed by atoms with Crippen LogP contribution in [0.1, 0.15) is 18.4 Å². The summed E-state index contributed by atoms with van der Waals surface area (Å²) in [4.78, 5) is 0. The van der Waals surface area contributed by atoms with Crippen molar-refractivity contribution in [2.24, 2.45) is 7.05 Å². The Morgan fingerprint density at radius 2 is 1.83 bits per heavy atom. The zero-order valence-corrected chi connectivity index (χ0v) is 15.2. The predicted octanol–water partition coefficient (Wildman–Crippen LogP) is 2.61. The lowest BCUT2D eigenvalue weighted by atomic mass is 10.1. The third kappa shape index (κ3) is 3.43. The molecule has 0 bridgehead atoms. The van der Waals surface area contributed by atoms with Crippen molar-refractivity contribution >= 4 is 21.6 Å². The molecule has 6 nitrogen and oxygen atoms in total. The fourth-order valence-corrected chi connectivity index (χ4v) is 4.83. The topological polar surface area (TPSA) is 64.4 Å². The Balaban J connectivity index is 1.65. The van der Waals surface area contributed by atoms with Crippen LogP contribution in [0.25, 0.3) is 0 Å². The first kappa shape index (κ1) is 17.3. The molecule has 1 aliphatic heterocycles. The van der Waals surface area contributed by atoms with E-state index in [9.17, 15) is 8.42 Å². The number of aromatic nitrogens is 2. The number of halogens is 1. The maximum Gasteiger partial charge on any atom is 0.260 e. The van der Waals surface area contributed by atoms with Gasteiger partial charge in [0, 0.05) is 30.7 Å². The molecule has 0 atom stereocenters. The number of nitrogens with zero attached hydrogens (tertiary/aromatic N) is 3. The van der Waals surface area contributed by atoms with E-state index in [1.807, 2.05) is 12.1 Å². The first-order valence-electron chi connectivity index (χ1n) is 7.79. The van der Waals surface area contributed by atoms with Crippen molar-refractivity contribution in [3.63, 3.8) is 0 Å². The van der Waals surface area contributed by atoms with Gasteiger partial charge < -0.3 is 4.74 Å². The minimum absolute atomic E-state index is 0.00487. The van der Waals surface area contributed by atoms with Crippen molar-refractivity contribution in [2.75, 3.05) is 13.1 Å². The zero-order chi connectivity index (χ0) is 17.3. The molecule has 0 spiro atoms. The second-order valence-corrected chi connectivity index (χ2v) is 8.22. The van der Waals surface area contributed by atoms with Crippen molar-refractivity contribution in [1.29, 1.82) is 0 Å². The highest BCUT2D eigenvalue weighted by atomic mass is 35.5. The molecule has 2 aromatic rings. The molecule has 3 rings (SSSR count). The molecule has 1 aliphatic rings. The molecule has 0 radical (unpaired) electrons. The van der Waals surface area contributed by atoms with Crippen molar-refractivity contribution < 1.29 is 13.2 Å². The molecule has 1 saturated heterocycles. The standard InChI is InChI=1S/C16H20ClN3O3S/c1-12-11-18-19(2)16(12)24(21,22)20-9-7-15(8-10-20)23-14-5-3-13(17)4-6-14/h3-6,11,15H,7-10H2,1-2H3. The Morgan fingerprint density at radius 3 is 2.38 bits per heavy atom. The third-order valence-corrected chi connectivity index (χ3v) is 6.53. The van der Waals surface area contributed by atoms with E-state index in [0.29, 0.717) is 36.5 Å². The van der Waals surface area contributed by atoms with Gasteiger partial charge in [0.1, 0.15) is 11.9 Å². The molecular weight excluding hydrogens is 350 g/mol. The van der Waals surface area contributed by atoms with Gasteiger partial charge in [-0.1, -0.05) is 11.6 Å². The van der Waals surface area contributed by atoms with Crippen molar-refractivity contribution in [3.05, 3.63) is 41.0 Å². The summed E-state index contributed by atoms with van der Waals surface area (Å²) in [7, 11) is -1.87. The van der Waals surface area contributed by atoms with Crippen LogP contribution < -0.4 is 4.74 Å². The minimum Gasteiger partial charge on any atom is -0.490 e. The monoisotopic (exact) mass is 369 g/mol. The van der Waals surface area contributed by atoms with E-state index in [-0.39, 0.29) is 11.1 Å². The number of aryl methyl sites for hydroxylation is 2. The van der Waals surface area contributed by atoms with E-state index >= 15 is 0 Å². The molecule has 24 heavy (non-hydrogen) atoms. The van der Waals surface area contributed by atoms with Crippen LogP contribution in [0.4, 0.5) is 0 Å². The number of ether oxygens (including phenoxy) is 1. The lowest BCUT2D eigenvalue weighted by Crippen LogP contribution is -2.42. The van der Waals surface area contributed by atoms with Crippen molar-refractivity contribution in [2.45, 2.75) is 30.9 Å². The van der Waals surface area contributed by atoms with E-state index in [1.165, 1.54) is 8.99 Å². The first-order valence-corrected chi connectivity index (χ1v) is 9.60. The van der Waals surface area contributed by atoms with Gasteiger partial charge in [-0.3, -0.25) is 4.68 Å². The second kappa shape index (κ2) is 6.74. The Hall–Kier alpha value is -1.57. The van der Waals surface area contributed by atoms with Crippen LogP contribution in [0.5, 0.6) is 5.75 Å². The van der Waals surface area contributed by atoms with Gasteiger partial charge in [0.2, 0.25) is 0 Å². The summed E-state index contributed by atoms with van der Waals surface area (Å²) in [6.45, 7) is 2.63. The fourth-order valence-electron chi connectivity index (χ4n) is 2.92. The number of sulfonamides is 1. The highest BCUT2D eigenvalue weighted by Gasteiger charge is 2.33. The number of rotatable bonds is 4. The molecule has 0 unspecified atom stereocenters. The van der Waals surface area contributed by atoms with Gasteiger partial charge >= 0.3 is 0 Å². The highest BCUT2D eigenvalue weighted by Crippen LogP contribution is 2.25. The smallest absolute Gasteiger partial charge is 0.260 e. The average molecular weight is 370 g/mol. The minimum atomic E-state index is -3.52. The molecule has 0 amide bonds. The maximum absolute atomic E-state index is 12.8. The van der Waals surface area contributed by atoms with Gasteiger partial charge in [0.25, 0.3) is 10.0 Å². The number of benzene rings is 1. The van der Waals surface area contributed by atoms with E-state index in [2.05, 4.69) is 5.10 Å². The Morgan fingerprint density at radius 1 is 1.21 bits per heavy atom. The highest BCUT2D eigenvalue weighted by molar-refractivity contribution is 7.89. The lowest BCUT2D eigenvalue weighted by Gasteiger charge is -2.31. The predicted molar refractivity (Wildman–Crippen MR) is 91.8 cm³/mol. The van der Waals surface area contributed by atoms with E-state index < -0.39 is 10.0 Å². The van der Waals surface area contributed by atoms with Gasteiger partial charge in [-0.25, -0.2) is 8.42 Å². The fraction of sp³-hybridized carbons (Fsp3) is 0.438. The molecule has 0 aliphatic carbocycles. The summed E-state index contributed by atoms with van der Waals surface area (Å²) in [5.74, 6) is 0.753. The van der Waals surface area contributed by atoms with Crippen LogP contribution in [0.3, 0.4) is 0 Å². The van der Waals surface area contributed by atoms with Crippen LogP contribution >= 0.6 is 11.6 Å². The molecule has 130 valence electrons. The van der Waals surface area contributed by atoms with E-state index in [4.69, 9.17) is 16.3 Å². The zero-order valence-electron chi connectivity index (χ0n) is 13.6. The van der Waals surface area contributed by atoms with Gasteiger partial charge in [0.05, 0.1) is 6.20 Å². The summed E-state index contributed by atoms with van der Waals surface area (Å²) in [5.41, 5.74) is 0.664. The summed E-state index contributed by atoms with van der Waals surface area (Å²) in [6, 6.07) is 7.21. The summed E-state index contributed by atoms with van der Waals surface area (Å²) in [5, 5.41) is 4.96. The third-order valence-electron chi connectivity index (χ3n) is 4.16. The summed E-state index contributed by atoms with van der Waals surface area (Å²) < 4.78 is 34.4. The number of piperidine rings is 1. The van der Waals surface area contributed by atoms with Crippen LogP contribution in [0.15, 0.2) is 35.5 Å². The van der Waals surface area contributed by atoms with Gasteiger partial charge in [-0.15, -0.1) is 0 Å². The van der Waals surface area contributed by atoms with Crippen molar-refractivity contribution in [1.82, 2.24) is 14.1 Å². The van der Waals surface area contributed by atoms with E-state index in [1.54, 1.807) is 32.3 Å². The Kier molecular flexibility index (Phi) is 4.85. The van der Waals surface area contributed by atoms with Gasteiger partial charge in [-0.05, 0) is 44.0 Å². The van der Waals surface area contributed by atoms with Crippen LogP contribution in [-0.2, 0) is 17.1 Å². The Bertz CT molecular complexity index is 790. The molecule has 1 aromatic heterocycles. The SMILES string of the molecule is Cc1cnn(C)c1S(=O)(=O)N1CCC(Oc2ccc(Cl)cc2)CC1.